The van der Waals surface area contributed by atoms with Crippen LogP contribution in [0.15, 0.2) is 0 Å². The number of hydrogen-bond acceptors (Lipinski definition) is 5. The van der Waals surface area contributed by atoms with Crippen LogP contribution in [-0.2, 0) is 0 Å². The lowest BCUT2D eigenvalue weighted by atomic mass is 9.91. The fraction of sp³-hybridized carbons (Fsp3) is 1.00. The van der Waals surface area contributed by atoms with Gasteiger partial charge >= 0.3 is 0 Å². The molecule has 0 aromatic rings. The number of hydroxylamine groups is 2. The molecule has 0 aliphatic heterocycles. The van der Waals surface area contributed by atoms with Crippen molar-refractivity contribution in [3.63, 3.8) is 0 Å². The molecule has 11 heavy (non-hydrogen) atoms. The van der Waals surface area contributed by atoms with Crippen LogP contribution < -0.4 is 0 Å². The molecule has 0 aliphatic carbocycles. The summed E-state index contributed by atoms with van der Waals surface area (Å²) in [4.78, 5) is 0. The van der Waals surface area contributed by atoms with Crippen LogP contribution in [0.3, 0.4) is 0 Å². The zero-order chi connectivity index (χ0) is 8.91. The van der Waals surface area contributed by atoms with Crippen molar-refractivity contribution in [3.05, 3.63) is 5.21 Å². The van der Waals surface area contributed by atoms with E-state index in [2.05, 4.69) is 0 Å². The topological polar surface area (TPSA) is 87.0 Å². The highest BCUT2D eigenvalue weighted by Crippen LogP contribution is 2.15. The van der Waals surface area contributed by atoms with Crippen molar-refractivity contribution in [3.8, 4) is 0 Å². The Morgan fingerprint density at radius 2 is 1.55 bits per heavy atom. The Bertz CT molecular complexity index is 94.5. The highest BCUT2D eigenvalue weighted by atomic mass is 16.5. The second-order valence-electron chi connectivity index (χ2n) is 2.76. The van der Waals surface area contributed by atoms with Crippen LogP contribution in [0.5, 0.6) is 0 Å². The summed E-state index contributed by atoms with van der Waals surface area (Å²) >= 11 is 0. The Morgan fingerprint density at radius 3 is 1.64 bits per heavy atom. The summed E-state index contributed by atoms with van der Waals surface area (Å²) in [6.45, 7) is -1.26. The number of aliphatic hydroxyl groups is 3. The van der Waals surface area contributed by atoms with Crippen molar-refractivity contribution >= 4 is 0 Å². The number of nitrogens with zero attached hydrogens (tertiary/aromatic N) is 1. The van der Waals surface area contributed by atoms with E-state index in [1.54, 1.807) is 0 Å². The highest BCUT2D eigenvalue weighted by molar-refractivity contribution is 4.80. The first-order chi connectivity index (χ1) is 5.10. The van der Waals surface area contributed by atoms with Crippen LogP contribution in [0.4, 0.5) is 0 Å². The number of hydrogen-bond donors (Lipinski definition) is 3. The van der Waals surface area contributed by atoms with Gasteiger partial charge in [-0.2, -0.15) is 0 Å². The molecule has 0 aromatic heterocycles. The van der Waals surface area contributed by atoms with E-state index in [1.807, 2.05) is 0 Å². The molecule has 0 aromatic carbocycles. The number of aliphatic hydroxyl groups excluding tert-OH is 3. The minimum Gasteiger partial charge on any atom is -0.785 e. The Hall–Kier alpha value is -0.200. The van der Waals surface area contributed by atoms with E-state index in [1.165, 1.54) is 7.05 Å². The smallest absolute Gasteiger partial charge is 0.0543 e. The summed E-state index contributed by atoms with van der Waals surface area (Å²) in [5.74, 6) is 0. The first-order valence-electron chi connectivity index (χ1n) is 3.31. The standard InChI is InChI=1S/C6H14NO4/c1-7(11)2-6(3-8,4-9)5-10/h8-10H,2-5H2,1H3/q-1. The van der Waals surface area contributed by atoms with Crippen molar-refractivity contribution in [2.75, 3.05) is 33.4 Å². The Kier molecular flexibility index (Phi) is 4.55. The normalized spacial score (nSPS) is 12.5. The van der Waals surface area contributed by atoms with Crippen molar-refractivity contribution in [1.29, 1.82) is 0 Å². The van der Waals surface area contributed by atoms with E-state index in [-0.39, 0.29) is 6.54 Å². The molecule has 5 nitrogen and oxygen atoms in total. The Balaban J connectivity index is 4.05. The predicted molar refractivity (Wildman–Crippen MR) is 39.7 cm³/mol. The summed E-state index contributed by atoms with van der Waals surface area (Å²) < 4.78 is 0. The van der Waals surface area contributed by atoms with Crippen LogP contribution in [-0.4, -0.2) is 53.8 Å². The molecular formula is C6H14NO4-. The van der Waals surface area contributed by atoms with Crippen molar-refractivity contribution < 1.29 is 15.3 Å². The minimum absolute atomic E-state index is 0.0729. The lowest BCUT2D eigenvalue weighted by molar-refractivity contribution is -0.00788. The third kappa shape index (κ3) is 3.13. The second-order valence-corrected chi connectivity index (χ2v) is 2.76. The van der Waals surface area contributed by atoms with Crippen molar-refractivity contribution in [1.82, 2.24) is 5.06 Å². The molecule has 0 aliphatic rings. The third-order valence-electron chi connectivity index (χ3n) is 1.56. The van der Waals surface area contributed by atoms with Crippen molar-refractivity contribution in [2.45, 2.75) is 0 Å². The molecule has 0 heterocycles. The minimum atomic E-state index is -1.07. The van der Waals surface area contributed by atoms with Crippen molar-refractivity contribution in [2.24, 2.45) is 5.41 Å². The van der Waals surface area contributed by atoms with Crippen LogP contribution >= 0.6 is 0 Å². The maximum absolute atomic E-state index is 10.5. The van der Waals surface area contributed by atoms with Gasteiger partial charge in [0.25, 0.3) is 0 Å². The molecule has 0 atom stereocenters. The average molecular weight is 164 g/mol. The summed E-state index contributed by atoms with van der Waals surface area (Å²) in [5.41, 5.74) is -1.07. The maximum Gasteiger partial charge on any atom is 0.0543 e. The van der Waals surface area contributed by atoms with E-state index < -0.39 is 25.2 Å². The van der Waals surface area contributed by atoms with Gasteiger partial charge in [-0.1, -0.05) is 0 Å². The highest BCUT2D eigenvalue weighted by Gasteiger charge is 2.27. The molecule has 0 fully saturated rings. The van der Waals surface area contributed by atoms with E-state index in [0.29, 0.717) is 5.06 Å². The third-order valence-corrected chi connectivity index (χ3v) is 1.56. The predicted octanol–water partition coefficient (Wildman–Crippen LogP) is -1.62. The molecule has 0 bridgehead atoms. The zero-order valence-electron chi connectivity index (χ0n) is 6.53. The first-order valence-corrected chi connectivity index (χ1v) is 3.31. The Labute approximate surface area is 65.5 Å². The maximum atomic E-state index is 10.5. The lowest BCUT2D eigenvalue weighted by Crippen LogP contribution is -2.42. The van der Waals surface area contributed by atoms with E-state index >= 15 is 0 Å². The van der Waals surface area contributed by atoms with Crippen LogP contribution in [0.2, 0.25) is 0 Å². The van der Waals surface area contributed by atoms with E-state index in [0.717, 1.165) is 0 Å². The zero-order valence-corrected chi connectivity index (χ0v) is 6.53. The second kappa shape index (κ2) is 4.63. The van der Waals surface area contributed by atoms with Gasteiger partial charge in [0.2, 0.25) is 0 Å². The fourth-order valence-electron chi connectivity index (χ4n) is 0.772. The van der Waals surface area contributed by atoms with Gasteiger partial charge in [-0.25, -0.2) is 0 Å². The van der Waals surface area contributed by atoms with Crippen LogP contribution in [0, 0.1) is 10.6 Å². The molecule has 0 saturated carbocycles. The van der Waals surface area contributed by atoms with Gasteiger partial charge < -0.3 is 25.6 Å². The molecule has 3 N–H and O–H groups in total. The molecule has 5 heteroatoms. The summed E-state index contributed by atoms with van der Waals surface area (Å²) in [6.07, 6.45) is 0. The molecule has 0 saturated heterocycles. The summed E-state index contributed by atoms with van der Waals surface area (Å²) in [6, 6.07) is 0. The quantitative estimate of drug-likeness (QED) is 0.425. The van der Waals surface area contributed by atoms with Gasteiger partial charge in [-0.15, -0.1) is 0 Å². The monoisotopic (exact) mass is 164 g/mol. The molecule has 0 rings (SSSR count). The fourth-order valence-corrected chi connectivity index (χ4v) is 0.772. The molecular weight excluding hydrogens is 150 g/mol. The van der Waals surface area contributed by atoms with Crippen LogP contribution in [0.1, 0.15) is 0 Å². The van der Waals surface area contributed by atoms with Gasteiger partial charge in [-0.3, -0.25) is 0 Å². The van der Waals surface area contributed by atoms with E-state index in [4.69, 9.17) is 15.3 Å². The Morgan fingerprint density at radius 1 is 1.18 bits per heavy atom. The molecule has 0 radical (unpaired) electrons. The SMILES string of the molecule is CN([O-])CC(CO)(CO)CO. The first kappa shape index (κ1) is 10.8. The van der Waals surface area contributed by atoms with Gasteiger partial charge in [-0.05, 0) is 13.6 Å². The number of rotatable bonds is 5. The van der Waals surface area contributed by atoms with Crippen LogP contribution in [0.25, 0.3) is 0 Å². The lowest BCUT2D eigenvalue weighted by Gasteiger charge is -2.35. The molecule has 0 amide bonds. The van der Waals surface area contributed by atoms with Gasteiger partial charge in [0, 0.05) is 0 Å². The van der Waals surface area contributed by atoms with E-state index in [9.17, 15) is 5.21 Å². The summed E-state index contributed by atoms with van der Waals surface area (Å²) in [5, 5.41) is 37.3. The molecule has 68 valence electrons. The van der Waals surface area contributed by atoms with Gasteiger partial charge in [0.05, 0.1) is 25.2 Å². The van der Waals surface area contributed by atoms with Gasteiger partial charge in [0.15, 0.2) is 0 Å². The average Bonchev–Trinajstić information content (AvgIpc) is 2.00. The molecule has 0 spiro atoms. The van der Waals surface area contributed by atoms with Gasteiger partial charge in [0.1, 0.15) is 0 Å². The largest absolute Gasteiger partial charge is 0.785 e. The summed E-state index contributed by atoms with van der Waals surface area (Å²) in [7, 11) is 1.27. The molecule has 0 unspecified atom stereocenters.